The van der Waals surface area contributed by atoms with Gasteiger partial charge < -0.3 is 9.64 Å². The predicted molar refractivity (Wildman–Crippen MR) is 73.5 cm³/mol. The van der Waals surface area contributed by atoms with Crippen LogP contribution in [0.3, 0.4) is 0 Å². The lowest BCUT2D eigenvalue weighted by Crippen LogP contribution is -2.42. The summed E-state index contributed by atoms with van der Waals surface area (Å²) in [7, 11) is 0. The Labute approximate surface area is 120 Å². The summed E-state index contributed by atoms with van der Waals surface area (Å²) in [6.07, 6.45) is 1.51. The van der Waals surface area contributed by atoms with Gasteiger partial charge in [0.1, 0.15) is 17.6 Å². The summed E-state index contributed by atoms with van der Waals surface area (Å²) >= 11 is 1.42. The number of morpholine rings is 1. The van der Waals surface area contributed by atoms with E-state index in [1.54, 1.807) is 22.0 Å². The topological polar surface area (TPSA) is 68.2 Å². The van der Waals surface area contributed by atoms with Gasteiger partial charge in [-0.05, 0) is 13.0 Å². The number of aryl methyl sites for hydroxylation is 1. The fourth-order valence-corrected chi connectivity index (χ4v) is 2.67. The molecule has 2 aromatic heterocycles. The van der Waals surface area contributed by atoms with E-state index in [4.69, 9.17) is 4.74 Å². The van der Waals surface area contributed by atoms with E-state index in [-0.39, 0.29) is 12.0 Å². The first-order valence-electron chi connectivity index (χ1n) is 6.32. The first-order valence-corrected chi connectivity index (χ1v) is 7.27. The molecule has 6 nitrogen and oxygen atoms in total. The Kier molecular flexibility index (Phi) is 3.70. The predicted octanol–water partition coefficient (Wildman–Crippen LogP) is 1.46. The smallest absolute Gasteiger partial charge is 0.273 e. The second-order valence-corrected chi connectivity index (χ2v) is 5.23. The van der Waals surface area contributed by atoms with E-state index in [9.17, 15) is 4.79 Å². The molecule has 0 spiro atoms. The number of aromatic nitrogens is 3. The van der Waals surface area contributed by atoms with Crippen LogP contribution in [-0.2, 0) is 4.74 Å². The highest BCUT2D eigenvalue weighted by atomic mass is 32.1. The van der Waals surface area contributed by atoms with Crippen LogP contribution in [0.15, 0.2) is 23.2 Å². The van der Waals surface area contributed by atoms with Gasteiger partial charge in [-0.1, -0.05) is 0 Å². The van der Waals surface area contributed by atoms with Crippen LogP contribution in [-0.4, -0.2) is 45.5 Å². The molecule has 0 N–H and O–H groups in total. The number of amides is 1. The molecule has 1 amide bonds. The van der Waals surface area contributed by atoms with Crippen LogP contribution >= 0.6 is 11.3 Å². The molecule has 0 radical (unpaired) electrons. The van der Waals surface area contributed by atoms with Crippen LogP contribution in [0.25, 0.3) is 0 Å². The molecule has 1 aliphatic rings. The summed E-state index contributed by atoms with van der Waals surface area (Å²) in [4.78, 5) is 26.6. The van der Waals surface area contributed by atoms with Crippen LogP contribution < -0.4 is 0 Å². The fraction of sp³-hybridized carbons (Fsp3) is 0.385. The largest absolute Gasteiger partial charge is 0.368 e. The molecule has 2 aromatic rings. The first-order chi connectivity index (χ1) is 9.74. The molecule has 3 heterocycles. The number of carbonyl (C=O) groups excluding carboxylic acids is 1. The first kappa shape index (κ1) is 13.1. The van der Waals surface area contributed by atoms with E-state index >= 15 is 0 Å². The van der Waals surface area contributed by atoms with Gasteiger partial charge in [-0.2, -0.15) is 0 Å². The van der Waals surface area contributed by atoms with E-state index in [0.29, 0.717) is 31.2 Å². The molecule has 20 heavy (non-hydrogen) atoms. The lowest BCUT2D eigenvalue weighted by molar-refractivity contribution is -0.0250. The van der Waals surface area contributed by atoms with Crippen molar-refractivity contribution in [2.45, 2.75) is 13.0 Å². The Balaban J connectivity index is 1.75. The lowest BCUT2D eigenvalue weighted by Gasteiger charge is -2.32. The molecule has 1 fully saturated rings. The highest BCUT2D eigenvalue weighted by Gasteiger charge is 2.27. The SMILES string of the molecule is Cc1nccc(C2CN(C(=O)c3cscn3)CCO2)n1. The van der Waals surface area contributed by atoms with Gasteiger partial charge in [0.05, 0.1) is 24.4 Å². The quantitative estimate of drug-likeness (QED) is 0.837. The van der Waals surface area contributed by atoms with Crippen molar-refractivity contribution in [3.63, 3.8) is 0 Å². The molecule has 3 rings (SSSR count). The molecular weight excluding hydrogens is 276 g/mol. The number of nitrogens with zero attached hydrogens (tertiary/aromatic N) is 4. The second-order valence-electron chi connectivity index (χ2n) is 4.51. The van der Waals surface area contributed by atoms with Crippen molar-refractivity contribution in [1.82, 2.24) is 19.9 Å². The van der Waals surface area contributed by atoms with Gasteiger partial charge in [0, 0.05) is 18.1 Å². The zero-order chi connectivity index (χ0) is 13.9. The fourth-order valence-electron chi connectivity index (χ4n) is 2.15. The highest BCUT2D eigenvalue weighted by molar-refractivity contribution is 7.07. The number of ether oxygens (including phenoxy) is 1. The van der Waals surface area contributed by atoms with Gasteiger partial charge in [-0.15, -0.1) is 11.3 Å². The Bertz CT molecular complexity index is 602. The third-order valence-electron chi connectivity index (χ3n) is 3.13. The lowest BCUT2D eigenvalue weighted by atomic mass is 10.2. The third-order valence-corrected chi connectivity index (χ3v) is 3.72. The minimum Gasteiger partial charge on any atom is -0.368 e. The number of carbonyl (C=O) groups is 1. The van der Waals surface area contributed by atoms with Gasteiger partial charge >= 0.3 is 0 Å². The van der Waals surface area contributed by atoms with E-state index in [1.807, 2.05) is 13.0 Å². The summed E-state index contributed by atoms with van der Waals surface area (Å²) < 4.78 is 5.71. The molecule has 104 valence electrons. The molecule has 0 bridgehead atoms. The second kappa shape index (κ2) is 5.64. The average molecular weight is 290 g/mol. The Hall–Kier alpha value is -1.86. The normalized spacial score (nSPS) is 19.1. The van der Waals surface area contributed by atoms with E-state index in [1.165, 1.54) is 11.3 Å². The van der Waals surface area contributed by atoms with Crippen LogP contribution in [0, 0.1) is 6.92 Å². The molecule has 0 aromatic carbocycles. The molecule has 0 aliphatic carbocycles. The molecule has 1 aliphatic heterocycles. The Morgan fingerprint density at radius 3 is 3.15 bits per heavy atom. The molecule has 0 saturated carbocycles. The maximum atomic E-state index is 12.3. The van der Waals surface area contributed by atoms with Crippen molar-refractivity contribution in [3.8, 4) is 0 Å². The molecule has 1 atom stereocenters. The zero-order valence-corrected chi connectivity index (χ0v) is 11.8. The molecule has 1 unspecified atom stereocenters. The maximum Gasteiger partial charge on any atom is 0.273 e. The third kappa shape index (κ3) is 2.68. The summed E-state index contributed by atoms with van der Waals surface area (Å²) in [6.45, 7) is 3.41. The average Bonchev–Trinajstić information content (AvgIpc) is 3.01. The minimum atomic E-state index is -0.201. The summed E-state index contributed by atoms with van der Waals surface area (Å²) in [5.41, 5.74) is 2.97. The molecule has 1 saturated heterocycles. The van der Waals surface area contributed by atoms with Crippen molar-refractivity contribution in [2.24, 2.45) is 0 Å². The summed E-state index contributed by atoms with van der Waals surface area (Å²) in [6, 6.07) is 1.83. The number of rotatable bonds is 2. The maximum absolute atomic E-state index is 12.3. The molecule has 7 heteroatoms. The van der Waals surface area contributed by atoms with Gasteiger partial charge in [0.15, 0.2) is 0 Å². The van der Waals surface area contributed by atoms with Crippen LogP contribution in [0.5, 0.6) is 0 Å². The summed E-state index contributed by atoms with van der Waals surface area (Å²) in [5.74, 6) is 0.652. The number of hydrogen-bond donors (Lipinski definition) is 0. The van der Waals surface area contributed by atoms with Gasteiger partial charge in [0.2, 0.25) is 0 Å². The number of hydrogen-bond acceptors (Lipinski definition) is 6. The summed E-state index contributed by atoms with van der Waals surface area (Å²) in [5, 5.41) is 1.77. The zero-order valence-electron chi connectivity index (χ0n) is 11.0. The van der Waals surface area contributed by atoms with Gasteiger partial charge in [0.25, 0.3) is 5.91 Å². The van der Waals surface area contributed by atoms with Crippen molar-refractivity contribution >= 4 is 17.2 Å². The van der Waals surface area contributed by atoms with Crippen LogP contribution in [0.4, 0.5) is 0 Å². The van der Waals surface area contributed by atoms with Crippen molar-refractivity contribution in [3.05, 3.63) is 40.4 Å². The van der Waals surface area contributed by atoms with E-state index in [2.05, 4.69) is 15.0 Å². The van der Waals surface area contributed by atoms with Gasteiger partial charge in [-0.25, -0.2) is 15.0 Å². The van der Waals surface area contributed by atoms with Crippen molar-refractivity contribution in [2.75, 3.05) is 19.7 Å². The van der Waals surface area contributed by atoms with E-state index in [0.717, 1.165) is 5.69 Å². The van der Waals surface area contributed by atoms with Crippen molar-refractivity contribution < 1.29 is 9.53 Å². The minimum absolute atomic E-state index is 0.0506. The monoisotopic (exact) mass is 290 g/mol. The van der Waals surface area contributed by atoms with E-state index < -0.39 is 0 Å². The number of thiazole rings is 1. The van der Waals surface area contributed by atoms with Crippen LogP contribution in [0.2, 0.25) is 0 Å². The van der Waals surface area contributed by atoms with Crippen molar-refractivity contribution in [1.29, 1.82) is 0 Å². The van der Waals surface area contributed by atoms with Gasteiger partial charge in [-0.3, -0.25) is 4.79 Å². The Morgan fingerprint density at radius 2 is 2.40 bits per heavy atom. The highest BCUT2D eigenvalue weighted by Crippen LogP contribution is 2.21. The van der Waals surface area contributed by atoms with Crippen LogP contribution in [0.1, 0.15) is 28.1 Å². The Morgan fingerprint density at radius 1 is 1.50 bits per heavy atom. The standard InChI is InChI=1S/C13H14N4O2S/c1-9-14-3-2-10(16-9)12-6-17(4-5-19-12)13(18)11-7-20-8-15-11/h2-3,7-8,12H,4-6H2,1H3. The molecular formula is C13H14N4O2S.